The van der Waals surface area contributed by atoms with Gasteiger partial charge in [-0.2, -0.15) is 0 Å². The second-order valence-electron chi connectivity index (χ2n) is 3.35. The largest absolute Gasteiger partial charge is 0.478 e. The molecule has 92 valence electrons. The molecule has 18 heavy (non-hydrogen) atoms. The smallest absolute Gasteiger partial charge is 0.335 e. The van der Waals surface area contributed by atoms with E-state index >= 15 is 0 Å². The predicted molar refractivity (Wildman–Crippen MR) is 75.4 cm³/mol. The standard InChI is InChI=1S/C12H7ClINO3/c13-10-5-7(12(16)17)6-11(15-10)18-9-4-2-1-3-8(9)14/h1-6H,(H,16,17). The summed E-state index contributed by atoms with van der Waals surface area (Å²) in [6.45, 7) is 0. The fourth-order valence-corrected chi connectivity index (χ4v) is 1.99. The first kappa shape index (κ1) is 13.1. The average Bonchev–Trinajstić information content (AvgIpc) is 2.31. The van der Waals surface area contributed by atoms with E-state index in [9.17, 15) is 4.79 Å². The first-order chi connectivity index (χ1) is 8.56. The Bertz CT molecular complexity index is 604. The zero-order chi connectivity index (χ0) is 13.1. The minimum atomic E-state index is -1.08. The quantitative estimate of drug-likeness (QED) is 0.654. The molecule has 1 N–H and O–H groups in total. The minimum absolute atomic E-state index is 0.0379. The molecule has 0 saturated carbocycles. The summed E-state index contributed by atoms with van der Waals surface area (Å²) in [6, 6.07) is 9.94. The van der Waals surface area contributed by atoms with Crippen molar-refractivity contribution in [2.24, 2.45) is 0 Å². The number of hydrogen-bond acceptors (Lipinski definition) is 3. The summed E-state index contributed by atoms with van der Waals surface area (Å²) >= 11 is 7.86. The number of carbonyl (C=O) groups is 1. The normalized spacial score (nSPS) is 10.1. The Labute approximate surface area is 122 Å². The van der Waals surface area contributed by atoms with Crippen LogP contribution in [0.2, 0.25) is 5.15 Å². The maximum Gasteiger partial charge on any atom is 0.335 e. The molecule has 0 bridgehead atoms. The Morgan fingerprint density at radius 1 is 1.33 bits per heavy atom. The van der Waals surface area contributed by atoms with Gasteiger partial charge in [0.25, 0.3) is 0 Å². The third-order valence-electron chi connectivity index (χ3n) is 2.07. The predicted octanol–water partition coefficient (Wildman–Crippen LogP) is 3.83. The van der Waals surface area contributed by atoms with Crippen LogP contribution in [0.1, 0.15) is 10.4 Å². The lowest BCUT2D eigenvalue weighted by molar-refractivity contribution is 0.0696. The highest BCUT2D eigenvalue weighted by atomic mass is 127. The number of nitrogens with zero attached hydrogens (tertiary/aromatic N) is 1. The number of carboxylic acids is 1. The summed E-state index contributed by atoms with van der Waals surface area (Å²) in [5.74, 6) is -0.319. The van der Waals surface area contributed by atoms with E-state index in [1.54, 1.807) is 6.07 Å². The molecular weight excluding hydrogens is 368 g/mol. The monoisotopic (exact) mass is 375 g/mol. The first-order valence-corrected chi connectivity index (χ1v) is 6.35. The highest BCUT2D eigenvalue weighted by molar-refractivity contribution is 14.1. The van der Waals surface area contributed by atoms with Crippen LogP contribution in [0.25, 0.3) is 0 Å². The Morgan fingerprint density at radius 3 is 2.72 bits per heavy atom. The van der Waals surface area contributed by atoms with E-state index in [1.165, 1.54) is 12.1 Å². The molecule has 0 saturated heterocycles. The molecule has 0 amide bonds. The SMILES string of the molecule is O=C(O)c1cc(Cl)nc(Oc2ccccc2I)c1. The van der Waals surface area contributed by atoms with Gasteiger partial charge in [0.15, 0.2) is 0 Å². The zero-order valence-corrected chi connectivity index (χ0v) is 11.8. The molecule has 2 aromatic rings. The van der Waals surface area contributed by atoms with Crippen LogP contribution in [0.15, 0.2) is 36.4 Å². The number of rotatable bonds is 3. The van der Waals surface area contributed by atoms with Crippen LogP contribution in [-0.2, 0) is 0 Å². The number of pyridine rings is 1. The van der Waals surface area contributed by atoms with Gasteiger partial charge >= 0.3 is 5.97 Å². The van der Waals surface area contributed by atoms with Crippen LogP contribution in [-0.4, -0.2) is 16.1 Å². The molecule has 4 nitrogen and oxygen atoms in total. The Balaban J connectivity index is 2.35. The van der Waals surface area contributed by atoms with Crippen LogP contribution in [0.4, 0.5) is 0 Å². The Kier molecular flexibility index (Phi) is 4.03. The lowest BCUT2D eigenvalue weighted by atomic mass is 10.3. The van der Waals surface area contributed by atoms with Gasteiger partial charge < -0.3 is 9.84 Å². The molecule has 2 rings (SSSR count). The van der Waals surface area contributed by atoms with Crippen molar-refractivity contribution in [3.8, 4) is 11.6 Å². The highest BCUT2D eigenvalue weighted by Gasteiger charge is 2.10. The highest BCUT2D eigenvalue weighted by Crippen LogP contribution is 2.26. The number of hydrogen-bond donors (Lipinski definition) is 1. The molecule has 0 aliphatic rings. The molecule has 0 fully saturated rings. The van der Waals surface area contributed by atoms with E-state index in [1.807, 2.05) is 18.2 Å². The lowest BCUT2D eigenvalue weighted by Crippen LogP contribution is -1.99. The number of aromatic nitrogens is 1. The van der Waals surface area contributed by atoms with Crippen molar-refractivity contribution >= 4 is 40.2 Å². The number of carboxylic acid groups (broad SMARTS) is 1. The molecule has 1 aromatic heterocycles. The van der Waals surface area contributed by atoms with E-state index in [0.717, 1.165) is 3.57 Å². The summed E-state index contributed by atoms with van der Waals surface area (Å²) in [6.07, 6.45) is 0. The number of benzene rings is 1. The summed E-state index contributed by atoms with van der Waals surface area (Å²) in [5, 5.41) is 8.99. The van der Waals surface area contributed by atoms with Gasteiger partial charge in [-0.25, -0.2) is 9.78 Å². The van der Waals surface area contributed by atoms with Crippen molar-refractivity contribution in [3.05, 3.63) is 50.7 Å². The Hall–Kier alpha value is -1.34. The minimum Gasteiger partial charge on any atom is -0.478 e. The molecule has 0 atom stereocenters. The number of halogens is 2. The molecule has 6 heteroatoms. The second kappa shape index (κ2) is 5.53. The van der Waals surface area contributed by atoms with E-state index in [2.05, 4.69) is 27.6 Å². The van der Waals surface area contributed by atoms with Crippen molar-refractivity contribution < 1.29 is 14.6 Å². The number of aromatic carboxylic acids is 1. The van der Waals surface area contributed by atoms with Gasteiger partial charge in [0, 0.05) is 6.07 Å². The molecule has 1 aromatic carbocycles. The second-order valence-corrected chi connectivity index (χ2v) is 4.90. The molecule has 0 aliphatic heterocycles. The first-order valence-electron chi connectivity index (χ1n) is 4.89. The number of para-hydroxylation sites is 1. The molecular formula is C12H7ClINO3. The zero-order valence-electron chi connectivity index (χ0n) is 8.93. The van der Waals surface area contributed by atoms with E-state index < -0.39 is 5.97 Å². The van der Waals surface area contributed by atoms with Crippen LogP contribution < -0.4 is 4.74 Å². The fourth-order valence-electron chi connectivity index (χ4n) is 1.29. The lowest BCUT2D eigenvalue weighted by Gasteiger charge is -2.07. The maximum absolute atomic E-state index is 10.9. The Morgan fingerprint density at radius 2 is 2.06 bits per heavy atom. The van der Waals surface area contributed by atoms with Crippen molar-refractivity contribution in [2.75, 3.05) is 0 Å². The van der Waals surface area contributed by atoms with Gasteiger partial charge in [-0.1, -0.05) is 23.7 Å². The van der Waals surface area contributed by atoms with Crippen LogP contribution >= 0.6 is 34.2 Å². The van der Waals surface area contributed by atoms with E-state index in [0.29, 0.717) is 5.75 Å². The molecule has 0 radical (unpaired) electrons. The maximum atomic E-state index is 10.9. The van der Waals surface area contributed by atoms with Gasteiger partial charge in [0.2, 0.25) is 5.88 Å². The molecule has 0 spiro atoms. The van der Waals surface area contributed by atoms with Gasteiger partial charge in [-0.15, -0.1) is 0 Å². The van der Waals surface area contributed by atoms with Crippen LogP contribution in [0, 0.1) is 3.57 Å². The van der Waals surface area contributed by atoms with E-state index in [-0.39, 0.29) is 16.6 Å². The van der Waals surface area contributed by atoms with Crippen LogP contribution in [0.5, 0.6) is 11.6 Å². The summed E-state index contributed by atoms with van der Waals surface area (Å²) in [4.78, 5) is 14.8. The van der Waals surface area contributed by atoms with Crippen LogP contribution in [0.3, 0.4) is 0 Å². The molecule has 0 aliphatic carbocycles. The average molecular weight is 376 g/mol. The van der Waals surface area contributed by atoms with Gasteiger partial charge in [-0.05, 0) is 40.8 Å². The van der Waals surface area contributed by atoms with Crippen molar-refractivity contribution in [3.63, 3.8) is 0 Å². The molecule has 0 unspecified atom stereocenters. The van der Waals surface area contributed by atoms with Gasteiger partial charge in [-0.3, -0.25) is 0 Å². The van der Waals surface area contributed by atoms with E-state index in [4.69, 9.17) is 21.4 Å². The van der Waals surface area contributed by atoms with Gasteiger partial charge in [0.1, 0.15) is 10.9 Å². The molecule has 1 heterocycles. The topological polar surface area (TPSA) is 59.4 Å². The summed E-state index contributed by atoms with van der Waals surface area (Å²) in [7, 11) is 0. The van der Waals surface area contributed by atoms with Crippen molar-refractivity contribution in [1.29, 1.82) is 0 Å². The fraction of sp³-hybridized carbons (Fsp3) is 0. The number of ether oxygens (including phenoxy) is 1. The summed E-state index contributed by atoms with van der Waals surface area (Å²) in [5.41, 5.74) is 0.0379. The third-order valence-corrected chi connectivity index (χ3v) is 3.15. The third kappa shape index (κ3) is 3.11. The van der Waals surface area contributed by atoms with Crippen molar-refractivity contribution in [2.45, 2.75) is 0 Å². The van der Waals surface area contributed by atoms with Crippen molar-refractivity contribution in [1.82, 2.24) is 4.98 Å². The summed E-state index contributed by atoms with van der Waals surface area (Å²) < 4.78 is 6.41. The van der Waals surface area contributed by atoms with Gasteiger partial charge in [0.05, 0.1) is 9.13 Å².